The number of benzene rings is 1. The van der Waals surface area contributed by atoms with Crippen molar-refractivity contribution >= 4 is 33.3 Å². The first-order valence-corrected chi connectivity index (χ1v) is 9.76. The van der Waals surface area contributed by atoms with Crippen LogP contribution in [0.15, 0.2) is 52.7 Å². The molecule has 0 aliphatic heterocycles. The molecule has 3 heteroatoms. The Labute approximate surface area is 141 Å². The molecule has 0 atom stereocenters. The second-order valence-corrected chi connectivity index (χ2v) is 7.15. The van der Waals surface area contributed by atoms with Crippen LogP contribution in [0.25, 0.3) is 21.5 Å². The SMILES string of the molecule is CC.CCCCSc1cc2ccc(-c3ccccc3)nc2s1. The van der Waals surface area contributed by atoms with Crippen molar-refractivity contribution in [2.45, 2.75) is 37.8 Å². The van der Waals surface area contributed by atoms with Crippen LogP contribution >= 0.6 is 23.1 Å². The zero-order valence-corrected chi connectivity index (χ0v) is 15.1. The van der Waals surface area contributed by atoms with E-state index in [0.29, 0.717) is 0 Å². The first kappa shape index (κ1) is 17.0. The number of pyridine rings is 1. The van der Waals surface area contributed by atoms with Gasteiger partial charge in [0.05, 0.1) is 9.90 Å². The maximum absolute atomic E-state index is 4.80. The quantitative estimate of drug-likeness (QED) is 0.374. The lowest BCUT2D eigenvalue weighted by atomic mass is 10.1. The van der Waals surface area contributed by atoms with Crippen molar-refractivity contribution in [1.82, 2.24) is 4.98 Å². The summed E-state index contributed by atoms with van der Waals surface area (Å²) < 4.78 is 1.38. The van der Waals surface area contributed by atoms with E-state index in [0.717, 1.165) is 10.5 Å². The standard InChI is InChI=1S/C17H17NS2.C2H6/c1-2-3-11-19-16-12-14-9-10-15(18-17(14)20-16)13-7-5-4-6-8-13;1-2/h4-10,12H,2-3,11H2,1H3;1-2H3. The molecule has 116 valence electrons. The molecular weight excluding hydrogens is 306 g/mol. The second-order valence-electron chi connectivity index (χ2n) is 4.72. The van der Waals surface area contributed by atoms with Crippen molar-refractivity contribution in [1.29, 1.82) is 0 Å². The summed E-state index contributed by atoms with van der Waals surface area (Å²) in [7, 11) is 0. The Bertz CT molecular complexity index is 689. The lowest BCUT2D eigenvalue weighted by Gasteiger charge is -1.99. The van der Waals surface area contributed by atoms with Crippen molar-refractivity contribution in [3.8, 4) is 11.3 Å². The van der Waals surface area contributed by atoms with Crippen LogP contribution in [0.3, 0.4) is 0 Å². The van der Waals surface area contributed by atoms with Crippen LogP contribution in [0.2, 0.25) is 0 Å². The number of nitrogens with zero attached hydrogens (tertiary/aromatic N) is 1. The molecule has 0 unspecified atom stereocenters. The Kier molecular flexibility index (Phi) is 6.94. The van der Waals surface area contributed by atoms with Crippen molar-refractivity contribution in [3.05, 3.63) is 48.5 Å². The number of aromatic nitrogens is 1. The summed E-state index contributed by atoms with van der Waals surface area (Å²) in [4.78, 5) is 5.94. The molecule has 0 saturated heterocycles. The van der Waals surface area contributed by atoms with Crippen LogP contribution in [-0.2, 0) is 0 Å². The Morgan fingerprint density at radius 2 is 1.82 bits per heavy atom. The summed E-state index contributed by atoms with van der Waals surface area (Å²) in [6, 6.07) is 16.9. The predicted molar refractivity (Wildman–Crippen MR) is 102 cm³/mol. The molecule has 0 saturated carbocycles. The minimum absolute atomic E-state index is 1.06. The monoisotopic (exact) mass is 329 g/mol. The van der Waals surface area contributed by atoms with Crippen LogP contribution in [-0.4, -0.2) is 10.7 Å². The van der Waals surface area contributed by atoms with E-state index >= 15 is 0 Å². The topological polar surface area (TPSA) is 12.9 Å². The van der Waals surface area contributed by atoms with E-state index in [1.54, 1.807) is 0 Å². The molecule has 1 aromatic carbocycles. The zero-order valence-electron chi connectivity index (χ0n) is 13.5. The van der Waals surface area contributed by atoms with Gasteiger partial charge in [0.25, 0.3) is 0 Å². The molecule has 1 nitrogen and oxygen atoms in total. The van der Waals surface area contributed by atoms with E-state index in [2.05, 4.69) is 49.4 Å². The van der Waals surface area contributed by atoms with Gasteiger partial charge >= 0.3 is 0 Å². The molecule has 0 radical (unpaired) electrons. The largest absolute Gasteiger partial charge is 0.237 e. The van der Waals surface area contributed by atoms with E-state index in [1.165, 1.54) is 33.8 Å². The lowest BCUT2D eigenvalue weighted by molar-refractivity contribution is 0.896. The molecular formula is C19H23NS2. The molecule has 3 aromatic rings. The van der Waals surface area contributed by atoms with Crippen molar-refractivity contribution in [2.24, 2.45) is 0 Å². The zero-order chi connectivity index (χ0) is 15.8. The Morgan fingerprint density at radius 3 is 2.55 bits per heavy atom. The van der Waals surface area contributed by atoms with Gasteiger partial charge in [-0.1, -0.05) is 57.5 Å². The fourth-order valence-corrected chi connectivity index (χ4v) is 4.38. The number of fused-ring (bicyclic) bond motifs is 1. The van der Waals surface area contributed by atoms with Crippen molar-refractivity contribution in [3.63, 3.8) is 0 Å². The van der Waals surface area contributed by atoms with Gasteiger partial charge in [0.15, 0.2) is 0 Å². The number of unbranched alkanes of at least 4 members (excludes halogenated alkanes) is 1. The van der Waals surface area contributed by atoms with Crippen LogP contribution in [0.1, 0.15) is 33.6 Å². The predicted octanol–water partition coefficient (Wildman–Crippen LogP) is 6.88. The minimum Gasteiger partial charge on any atom is -0.237 e. The van der Waals surface area contributed by atoms with Crippen LogP contribution < -0.4 is 0 Å². The third-order valence-corrected chi connectivity index (χ3v) is 5.51. The molecule has 0 N–H and O–H groups in total. The summed E-state index contributed by atoms with van der Waals surface area (Å²) in [6.45, 7) is 6.24. The first-order chi connectivity index (χ1) is 10.9. The first-order valence-electron chi connectivity index (χ1n) is 7.95. The van der Waals surface area contributed by atoms with E-state index < -0.39 is 0 Å². The van der Waals surface area contributed by atoms with E-state index in [9.17, 15) is 0 Å². The third-order valence-electron chi connectivity index (χ3n) is 3.17. The summed E-state index contributed by atoms with van der Waals surface area (Å²) in [5.41, 5.74) is 2.24. The van der Waals surface area contributed by atoms with Crippen LogP contribution in [0, 0.1) is 0 Å². The summed E-state index contributed by atoms with van der Waals surface area (Å²) >= 11 is 3.76. The smallest absolute Gasteiger partial charge is 0.125 e. The molecule has 22 heavy (non-hydrogen) atoms. The molecule has 2 heterocycles. The normalized spacial score (nSPS) is 10.3. The van der Waals surface area contributed by atoms with Gasteiger partial charge in [-0.15, -0.1) is 23.1 Å². The van der Waals surface area contributed by atoms with Crippen LogP contribution in [0.5, 0.6) is 0 Å². The number of rotatable bonds is 5. The Morgan fingerprint density at radius 1 is 1.05 bits per heavy atom. The molecule has 2 aromatic heterocycles. The van der Waals surface area contributed by atoms with Gasteiger partial charge in [0.2, 0.25) is 0 Å². The third kappa shape index (κ3) is 4.34. The van der Waals surface area contributed by atoms with Crippen molar-refractivity contribution < 1.29 is 0 Å². The highest BCUT2D eigenvalue weighted by atomic mass is 32.2. The molecule has 3 rings (SSSR count). The molecule has 0 spiro atoms. The number of hydrogen-bond acceptors (Lipinski definition) is 3. The van der Waals surface area contributed by atoms with Gasteiger partial charge in [-0.2, -0.15) is 0 Å². The highest BCUT2D eigenvalue weighted by molar-refractivity contribution is 8.01. The van der Waals surface area contributed by atoms with E-state index in [-0.39, 0.29) is 0 Å². The highest BCUT2D eigenvalue weighted by Crippen LogP contribution is 2.33. The summed E-state index contributed by atoms with van der Waals surface area (Å²) in [6.07, 6.45) is 2.54. The molecule has 0 aliphatic rings. The van der Waals surface area contributed by atoms with Crippen molar-refractivity contribution in [2.75, 3.05) is 5.75 Å². The lowest BCUT2D eigenvalue weighted by Crippen LogP contribution is -1.81. The number of thioether (sulfide) groups is 1. The van der Waals surface area contributed by atoms with Gasteiger partial charge in [-0.3, -0.25) is 0 Å². The summed E-state index contributed by atoms with van der Waals surface area (Å²) in [5.74, 6) is 1.20. The number of hydrogen-bond donors (Lipinski definition) is 0. The summed E-state index contributed by atoms with van der Waals surface area (Å²) in [5, 5.41) is 1.26. The number of thiophene rings is 1. The highest BCUT2D eigenvalue weighted by Gasteiger charge is 2.06. The fourth-order valence-electron chi connectivity index (χ4n) is 2.05. The Balaban J connectivity index is 0.000000847. The maximum atomic E-state index is 4.80. The molecule has 0 fully saturated rings. The Hall–Kier alpha value is -1.32. The average Bonchev–Trinajstić information content (AvgIpc) is 2.99. The molecule has 0 bridgehead atoms. The van der Waals surface area contributed by atoms with Gasteiger partial charge in [-0.25, -0.2) is 4.98 Å². The van der Waals surface area contributed by atoms with Gasteiger partial charge in [0, 0.05) is 10.9 Å². The van der Waals surface area contributed by atoms with E-state index in [1.807, 2.05) is 43.0 Å². The second kappa shape index (κ2) is 8.96. The average molecular weight is 330 g/mol. The van der Waals surface area contributed by atoms with Gasteiger partial charge in [-0.05, 0) is 30.4 Å². The molecule has 0 amide bonds. The van der Waals surface area contributed by atoms with Gasteiger partial charge in [0.1, 0.15) is 4.83 Å². The van der Waals surface area contributed by atoms with E-state index in [4.69, 9.17) is 4.98 Å². The minimum atomic E-state index is 1.06. The van der Waals surface area contributed by atoms with Crippen LogP contribution in [0.4, 0.5) is 0 Å². The molecule has 0 aliphatic carbocycles. The fraction of sp³-hybridized carbons (Fsp3) is 0.316. The maximum Gasteiger partial charge on any atom is 0.125 e. The van der Waals surface area contributed by atoms with Gasteiger partial charge < -0.3 is 0 Å².